The molecule has 0 aromatic carbocycles. The van der Waals surface area contributed by atoms with E-state index in [0.717, 1.165) is 0 Å². The molecule has 0 spiro atoms. The molecule has 1 rings (SSSR count). The molecule has 2 unspecified atom stereocenters. The number of ether oxygens (including phenoxy) is 2. The average molecular weight is 310 g/mol. The van der Waals surface area contributed by atoms with E-state index < -0.39 is 11.8 Å². The fraction of sp³-hybridized carbons (Fsp3) is 0.778. The maximum Gasteiger partial charge on any atom is 0.310 e. The molecule has 0 bridgehead atoms. The lowest BCUT2D eigenvalue weighted by Gasteiger charge is -2.30. The van der Waals surface area contributed by atoms with Crippen LogP contribution in [0.4, 0.5) is 0 Å². The second-order valence-electron chi connectivity index (χ2n) is 7.23. The molecule has 1 aliphatic rings. The van der Waals surface area contributed by atoms with Gasteiger partial charge in [0.05, 0.1) is 25.0 Å². The monoisotopic (exact) mass is 310 g/mol. The minimum atomic E-state index is -0.415. The minimum Gasteiger partial charge on any atom is -0.465 e. The van der Waals surface area contributed by atoms with Gasteiger partial charge in [-0.2, -0.15) is 0 Å². The van der Waals surface area contributed by atoms with Crippen LogP contribution in [0.25, 0.3) is 0 Å². The average Bonchev–Trinajstić information content (AvgIpc) is 2.44. The second-order valence-corrected chi connectivity index (χ2v) is 7.23. The van der Waals surface area contributed by atoms with E-state index in [2.05, 4.69) is 0 Å². The first-order valence-electron chi connectivity index (χ1n) is 8.20. The number of hydrogen-bond acceptors (Lipinski definition) is 4. The Kier molecular flexibility index (Phi) is 7.11. The van der Waals surface area contributed by atoms with E-state index in [1.807, 2.05) is 41.5 Å². The van der Waals surface area contributed by atoms with Crippen LogP contribution in [0.15, 0.2) is 11.1 Å². The molecule has 2 atom stereocenters. The first kappa shape index (κ1) is 18.7. The molecular weight excluding hydrogens is 280 g/mol. The molecule has 22 heavy (non-hydrogen) atoms. The van der Waals surface area contributed by atoms with Gasteiger partial charge in [0.2, 0.25) is 0 Å². The molecule has 4 heteroatoms. The molecule has 0 N–H and O–H groups in total. The van der Waals surface area contributed by atoms with E-state index in [9.17, 15) is 9.59 Å². The first-order valence-corrected chi connectivity index (χ1v) is 8.20. The zero-order chi connectivity index (χ0) is 16.9. The van der Waals surface area contributed by atoms with Crippen molar-refractivity contribution in [1.82, 2.24) is 0 Å². The van der Waals surface area contributed by atoms with Gasteiger partial charge in [-0.1, -0.05) is 38.8 Å². The third-order valence-corrected chi connectivity index (χ3v) is 3.99. The van der Waals surface area contributed by atoms with E-state index in [0.29, 0.717) is 26.1 Å². The molecule has 0 aliphatic heterocycles. The van der Waals surface area contributed by atoms with Gasteiger partial charge in [-0.05, 0) is 38.5 Å². The van der Waals surface area contributed by atoms with Crippen LogP contribution in [0, 0.1) is 23.7 Å². The molecular formula is C18H30O4. The van der Waals surface area contributed by atoms with Gasteiger partial charge in [0.1, 0.15) is 0 Å². The highest BCUT2D eigenvalue weighted by molar-refractivity contribution is 5.83. The predicted molar refractivity (Wildman–Crippen MR) is 86.2 cm³/mol. The van der Waals surface area contributed by atoms with Crippen molar-refractivity contribution in [3.63, 3.8) is 0 Å². The van der Waals surface area contributed by atoms with Crippen molar-refractivity contribution in [2.75, 3.05) is 13.2 Å². The Morgan fingerprint density at radius 2 is 1.18 bits per heavy atom. The Morgan fingerprint density at radius 1 is 0.864 bits per heavy atom. The summed E-state index contributed by atoms with van der Waals surface area (Å²) in [6.07, 6.45) is 1.18. The van der Waals surface area contributed by atoms with Crippen LogP contribution in [-0.2, 0) is 19.1 Å². The number of carbonyl (C=O) groups excluding carboxylic acids is 2. The third kappa shape index (κ3) is 5.47. The van der Waals surface area contributed by atoms with Gasteiger partial charge in [-0.25, -0.2) is 0 Å². The van der Waals surface area contributed by atoms with Crippen LogP contribution >= 0.6 is 0 Å². The number of carbonyl (C=O) groups is 2. The van der Waals surface area contributed by atoms with Crippen molar-refractivity contribution >= 4 is 11.9 Å². The fourth-order valence-electron chi connectivity index (χ4n) is 2.50. The van der Waals surface area contributed by atoms with Gasteiger partial charge in [0.25, 0.3) is 0 Å². The lowest BCUT2D eigenvalue weighted by atomic mass is 9.76. The second kappa shape index (κ2) is 8.35. The van der Waals surface area contributed by atoms with Gasteiger partial charge < -0.3 is 9.47 Å². The quantitative estimate of drug-likeness (QED) is 0.554. The topological polar surface area (TPSA) is 52.6 Å². The van der Waals surface area contributed by atoms with Crippen molar-refractivity contribution in [2.24, 2.45) is 23.7 Å². The van der Waals surface area contributed by atoms with Crippen LogP contribution in [0.5, 0.6) is 0 Å². The summed E-state index contributed by atoms with van der Waals surface area (Å²) in [7, 11) is 0. The van der Waals surface area contributed by atoms with Crippen molar-refractivity contribution in [3.05, 3.63) is 11.1 Å². The molecule has 1 aliphatic carbocycles. The van der Waals surface area contributed by atoms with Crippen molar-refractivity contribution in [1.29, 1.82) is 0 Å². The summed E-state index contributed by atoms with van der Waals surface area (Å²) < 4.78 is 10.7. The highest BCUT2D eigenvalue weighted by atomic mass is 16.5. The summed E-state index contributed by atoms with van der Waals surface area (Å²) in [5.41, 5.74) is 2.36. The van der Waals surface area contributed by atoms with Gasteiger partial charge in [0, 0.05) is 0 Å². The van der Waals surface area contributed by atoms with Crippen LogP contribution in [0.3, 0.4) is 0 Å². The van der Waals surface area contributed by atoms with E-state index in [1.165, 1.54) is 11.1 Å². The molecule has 0 amide bonds. The molecule has 0 radical (unpaired) electrons. The molecule has 0 heterocycles. The van der Waals surface area contributed by atoms with E-state index in [4.69, 9.17) is 9.47 Å². The van der Waals surface area contributed by atoms with Gasteiger partial charge in [-0.15, -0.1) is 0 Å². The third-order valence-electron chi connectivity index (χ3n) is 3.99. The Morgan fingerprint density at radius 3 is 1.45 bits per heavy atom. The van der Waals surface area contributed by atoms with E-state index in [1.54, 1.807) is 0 Å². The largest absolute Gasteiger partial charge is 0.465 e. The standard InChI is InChI=1S/C18H30O4/c1-11(2)9-21-17(19)15-7-13(5)14(6)8-16(15)18(20)22-10-12(3)4/h11-12,15-16H,7-10H2,1-6H3. The summed E-state index contributed by atoms with van der Waals surface area (Å²) in [5.74, 6) is -0.794. The maximum absolute atomic E-state index is 12.4. The molecule has 0 fully saturated rings. The number of rotatable bonds is 6. The van der Waals surface area contributed by atoms with Crippen LogP contribution in [0.1, 0.15) is 54.4 Å². The Bertz CT molecular complexity index is 394. The normalized spacial score (nSPS) is 22.2. The van der Waals surface area contributed by atoms with E-state index >= 15 is 0 Å². The number of hydrogen-bond donors (Lipinski definition) is 0. The Labute approximate surface area is 134 Å². The summed E-state index contributed by atoms with van der Waals surface area (Å²) in [6.45, 7) is 12.8. The highest BCUT2D eigenvalue weighted by Gasteiger charge is 2.39. The predicted octanol–water partition coefficient (Wildman–Crippen LogP) is 3.75. The van der Waals surface area contributed by atoms with Gasteiger partial charge >= 0.3 is 11.9 Å². The molecule has 0 saturated carbocycles. The lowest BCUT2D eigenvalue weighted by Crippen LogP contribution is -2.36. The van der Waals surface area contributed by atoms with Gasteiger partial charge in [0.15, 0.2) is 0 Å². The van der Waals surface area contributed by atoms with Gasteiger partial charge in [-0.3, -0.25) is 9.59 Å². The zero-order valence-electron chi connectivity index (χ0n) is 14.8. The number of esters is 2. The Hall–Kier alpha value is -1.32. The maximum atomic E-state index is 12.4. The van der Waals surface area contributed by atoms with Crippen molar-refractivity contribution in [3.8, 4) is 0 Å². The molecule has 4 nitrogen and oxygen atoms in total. The summed E-state index contributed by atoms with van der Waals surface area (Å²) in [6, 6.07) is 0. The molecule has 0 aromatic rings. The summed E-state index contributed by atoms with van der Waals surface area (Å²) in [5, 5.41) is 0. The van der Waals surface area contributed by atoms with Crippen LogP contribution in [0.2, 0.25) is 0 Å². The smallest absolute Gasteiger partial charge is 0.310 e. The SMILES string of the molecule is CC1=C(C)CC(C(=O)OCC(C)C)C(C(=O)OCC(C)C)C1. The molecule has 0 aromatic heterocycles. The van der Waals surface area contributed by atoms with Crippen molar-refractivity contribution < 1.29 is 19.1 Å². The number of allylic oxidation sites excluding steroid dienone is 2. The summed E-state index contributed by atoms with van der Waals surface area (Å²) in [4.78, 5) is 24.7. The lowest BCUT2D eigenvalue weighted by molar-refractivity contribution is -0.162. The first-order chi connectivity index (χ1) is 10.2. The van der Waals surface area contributed by atoms with Crippen LogP contribution < -0.4 is 0 Å². The minimum absolute atomic E-state index is 0.271. The molecule has 126 valence electrons. The Balaban J connectivity index is 2.80. The molecule has 0 saturated heterocycles. The van der Waals surface area contributed by atoms with Crippen molar-refractivity contribution in [2.45, 2.75) is 54.4 Å². The van der Waals surface area contributed by atoms with Crippen LogP contribution in [-0.4, -0.2) is 25.2 Å². The highest BCUT2D eigenvalue weighted by Crippen LogP contribution is 2.35. The zero-order valence-corrected chi connectivity index (χ0v) is 14.8. The van der Waals surface area contributed by atoms with E-state index in [-0.39, 0.29) is 23.8 Å². The fourth-order valence-corrected chi connectivity index (χ4v) is 2.50. The summed E-state index contributed by atoms with van der Waals surface area (Å²) >= 11 is 0.